The van der Waals surface area contributed by atoms with E-state index in [0.717, 1.165) is 11.1 Å². The van der Waals surface area contributed by atoms with Gasteiger partial charge >= 0.3 is 0 Å². The predicted octanol–water partition coefficient (Wildman–Crippen LogP) is 2.64. The van der Waals surface area contributed by atoms with Gasteiger partial charge in [0.2, 0.25) is 5.88 Å². The van der Waals surface area contributed by atoms with Gasteiger partial charge in [-0.1, -0.05) is 24.3 Å². The summed E-state index contributed by atoms with van der Waals surface area (Å²) in [6.07, 6.45) is 2.82. The van der Waals surface area contributed by atoms with Gasteiger partial charge in [-0.2, -0.15) is 0 Å². The first-order chi connectivity index (χ1) is 11.6. The van der Waals surface area contributed by atoms with Crippen molar-refractivity contribution in [3.05, 3.63) is 59.3 Å². The molecule has 5 heteroatoms. The molecule has 0 radical (unpaired) electrons. The Morgan fingerprint density at radius 1 is 1.29 bits per heavy atom. The Labute approximate surface area is 141 Å². The Hall–Kier alpha value is -2.40. The summed E-state index contributed by atoms with van der Waals surface area (Å²) in [4.78, 5) is 16.9. The van der Waals surface area contributed by atoms with Gasteiger partial charge < -0.3 is 15.2 Å². The van der Waals surface area contributed by atoms with E-state index in [2.05, 4.69) is 10.3 Å². The third kappa shape index (κ3) is 3.41. The van der Waals surface area contributed by atoms with Gasteiger partial charge in [0.15, 0.2) is 0 Å². The molecule has 24 heavy (non-hydrogen) atoms. The lowest BCUT2D eigenvalue weighted by atomic mass is 9.75. The number of nitrogens with zero attached hydrogens (tertiary/aromatic N) is 1. The minimum Gasteiger partial charge on any atom is -0.481 e. The molecule has 1 fully saturated rings. The average molecular weight is 326 g/mol. The SMILES string of the molecule is COc1ccc(C(NC(=O)c2ccccc2C)C2CC(O)C2)cn1. The number of aromatic nitrogens is 1. The number of aliphatic hydroxyl groups excluding tert-OH is 1. The Balaban J connectivity index is 1.82. The van der Waals surface area contributed by atoms with E-state index in [4.69, 9.17) is 4.74 Å². The van der Waals surface area contributed by atoms with Crippen LogP contribution in [-0.2, 0) is 0 Å². The van der Waals surface area contributed by atoms with Crippen LogP contribution in [-0.4, -0.2) is 29.2 Å². The average Bonchev–Trinajstić information content (AvgIpc) is 2.57. The van der Waals surface area contributed by atoms with E-state index in [1.165, 1.54) is 0 Å². The monoisotopic (exact) mass is 326 g/mol. The number of nitrogens with one attached hydrogen (secondary N) is 1. The van der Waals surface area contributed by atoms with E-state index in [0.29, 0.717) is 24.3 Å². The second-order valence-electron chi connectivity index (χ2n) is 6.29. The zero-order chi connectivity index (χ0) is 17.1. The fourth-order valence-electron chi connectivity index (χ4n) is 3.12. The highest BCUT2D eigenvalue weighted by Gasteiger charge is 2.36. The fraction of sp³-hybridized carbons (Fsp3) is 0.368. The summed E-state index contributed by atoms with van der Waals surface area (Å²) >= 11 is 0. The van der Waals surface area contributed by atoms with Crippen molar-refractivity contribution >= 4 is 5.91 Å². The van der Waals surface area contributed by atoms with Crippen molar-refractivity contribution in [2.75, 3.05) is 7.11 Å². The lowest BCUT2D eigenvalue weighted by Crippen LogP contribution is -2.41. The topological polar surface area (TPSA) is 71.5 Å². The van der Waals surface area contributed by atoms with Crippen molar-refractivity contribution in [3.63, 3.8) is 0 Å². The molecule has 5 nitrogen and oxygen atoms in total. The maximum Gasteiger partial charge on any atom is 0.252 e. The summed E-state index contributed by atoms with van der Waals surface area (Å²) in [6, 6.07) is 11.1. The van der Waals surface area contributed by atoms with Crippen LogP contribution in [0.15, 0.2) is 42.6 Å². The minimum atomic E-state index is -0.279. The highest BCUT2D eigenvalue weighted by molar-refractivity contribution is 5.95. The molecule has 1 aliphatic carbocycles. The van der Waals surface area contributed by atoms with Gasteiger partial charge in [-0.25, -0.2) is 4.98 Å². The maximum atomic E-state index is 12.7. The van der Waals surface area contributed by atoms with Crippen molar-refractivity contribution in [3.8, 4) is 5.88 Å². The highest BCUT2D eigenvalue weighted by atomic mass is 16.5. The standard InChI is InChI=1S/C19H22N2O3/c1-12-5-3-4-6-16(12)19(23)21-18(14-9-15(22)10-14)13-7-8-17(24-2)20-11-13/h3-8,11,14-15,18,22H,9-10H2,1-2H3,(H,21,23). The van der Waals surface area contributed by atoms with Gasteiger partial charge in [0, 0.05) is 17.8 Å². The normalized spacial score (nSPS) is 20.8. The Bertz CT molecular complexity index is 709. The molecule has 1 aromatic heterocycles. The lowest BCUT2D eigenvalue weighted by Gasteiger charge is -2.38. The number of amides is 1. The molecule has 2 aromatic rings. The second-order valence-corrected chi connectivity index (χ2v) is 6.29. The molecule has 2 N–H and O–H groups in total. The Morgan fingerprint density at radius 2 is 2.04 bits per heavy atom. The van der Waals surface area contributed by atoms with Crippen molar-refractivity contribution < 1.29 is 14.6 Å². The molecule has 0 spiro atoms. The molecule has 0 aliphatic heterocycles. The molecule has 3 rings (SSSR count). The molecule has 0 bridgehead atoms. The number of aliphatic hydroxyl groups is 1. The van der Waals surface area contributed by atoms with Gasteiger partial charge in [0.25, 0.3) is 5.91 Å². The Kier molecular flexibility index (Phi) is 4.81. The van der Waals surface area contributed by atoms with Gasteiger partial charge in [-0.05, 0) is 42.9 Å². The third-order valence-corrected chi connectivity index (χ3v) is 4.62. The van der Waals surface area contributed by atoms with Crippen LogP contribution in [0.25, 0.3) is 0 Å². The smallest absolute Gasteiger partial charge is 0.252 e. The Morgan fingerprint density at radius 3 is 2.62 bits per heavy atom. The van der Waals surface area contributed by atoms with Crippen LogP contribution in [0, 0.1) is 12.8 Å². The van der Waals surface area contributed by atoms with Crippen LogP contribution in [0.3, 0.4) is 0 Å². The molecule has 1 unspecified atom stereocenters. The quantitative estimate of drug-likeness (QED) is 0.886. The van der Waals surface area contributed by atoms with E-state index < -0.39 is 0 Å². The van der Waals surface area contributed by atoms with Crippen molar-refractivity contribution in [2.45, 2.75) is 31.9 Å². The summed E-state index contributed by atoms with van der Waals surface area (Å²) in [5, 5.41) is 12.8. The summed E-state index contributed by atoms with van der Waals surface area (Å²) in [7, 11) is 1.57. The summed E-state index contributed by atoms with van der Waals surface area (Å²) in [5.74, 6) is 0.648. The lowest BCUT2D eigenvalue weighted by molar-refractivity contribution is 0.0234. The zero-order valence-corrected chi connectivity index (χ0v) is 13.9. The zero-order valence-electron chi connectivity index (χ0n) is 13.9. The first-order valence-corrected chi connectivity index (χ1v) is 8.13. The van der Waals surface area contributed by atoms with Gasteiger partial charge in [-0.15, -0.1) is 0 Å². The van der Waals surface area contributed by atoms with Crippen LogP contribution in [0.2, 0.25) is 0 Å². The number of rotatable bonds is 5. The number of aryl methyl sites for hydroxylation is 1. The van der Waals surface area contributed by atoms with Crippen LogP contribution in [0.1, 0.15) is 40.4 Å². The van der Waals surface area contributed by atoms with Gasteiger partial charge in [0.05, 0.1) is 19.3 Å². The largest absolute Gasteiger partial charge is 0.481 e. The summed E-state index contributed by atoms with van der Waals surface area (Å²) < 4.78 is 5.09. The van der Waals surface area contributed by atoms with Crippen LogP contribution in [0.5, 0.6) is 5.88 Å². The number of hydrogen-bond donors (Lipinski definition) is 2. The van der Waals surface area contributed by atoms with E-state index in [9.17, 15) is 9.90 Å². The molecule has 1 saturated carbocycles. The molecule has 0 saturated heterocycles. The summed E-state index contributed by atoms with van der Waals surface area (Å²) in [6.45, 7) is 1.92. The first-order valence-electron chi connectivity index (χ1n) is 8.13. The van der Waals surface area contributed by atoms with Crippen molar-refractivity contribution in [2.24, 2.45) is 5.92 Å². The first kappa shape index (κ1) is 16.5. The van der Waals surface area contributed by atoms with Crippen LogP contribution < -0.4 is 10.1 Å². The van der Waals surface area contributed by atoms with E-state index in [1.54, 1.807) is 19.4 Å². The number of benzene rings is 1. The third-order valence-electron chi connectivity index (χ3n) is 4.62. The van der Waals surface area contributed by atoms with Crippen molar-refractivity contribution in [1.29, 1.82) is 0 Å². The molecule has 1 aliphatic rings. The van der Waals surface area contributed by atoms with Crippen LogP contribution >= 0.6 is 0 Å². The molecule has 126 valence electrons. The van der Waals surface area contributed by atoms with E-state index in [1.807, 2.05) is 37.3 Å². The van der Waals surface area contributed by atoms with Gasteiger partial charge in [-0.3, -0.25) is 4.79 Å². The van der Waals surface area contributed by atoms with E-state index in [-0.39, 0.29) is 24.0 Å². The molecule has 1 atom stereocenters. The molecule has 1 heterocycles. The number of methoxy groups -OCH3 is 1. The number of carbonyl (C=O) groups is 1. The second kappa shape index (κ2) is 7.01. The van der Waals surface area contributed by atoms with Crippen LogP contribution in [0.4, 0.5) is 0 Å². The minimum absolute atomic E-state index is 0.102. The fourth-order valence-corrected chi connectivity index (χ4v) is 3.12. The van der Waals surface area contributed by atoms with E-state index >= 15 is 0 Å². The molecule has 1 aromatic carbocycles. The van der Waals surface area contributed by atoms with Gasteiger partial charge in [0.1, 0.15) is 0 Å². The molecular formula is C19H22N2O3. The predicted molar refractivity (Wildman–Crippen MR) is 90.9 cm³/mol. The maximum absolute atomic E-state index is 12.7. The molecule has 1 amide bonds. The summed E-state index contributed by atoms with van der Waals surface area (Å²) in [5.41, 5.74) is 2.54. The number of carbonyl (C=O) groups excluding carboxylic acids is 1. The number of hydrogen-bond acceptors (Lipinski definition) is 4. The molecular weight excluding hydrogens is 304 g/mol. The number of pyridine rings is 1. The number of ether oxygens (including phenoxy) is 1. The van der Waals surface area contributed by atoms with Crippen molar-refractivity contribution in [1.82, 2.24) is 10.3 Å². The highest BCUT2D eigenvalue weighted by Crippen LogP contribution is 2.38.